The number of amides is 1. The minimum atomic E-state index is -0.405. The topological polar surface area (TPSA) is 64.2 Å². The number of aromatic nitrogens is 2. The minimum Gasteiger partial charge on any atom is -0.341 e. The standard InChI is InChI=1S/C12H20N4O/c1-9(13)12(17)16-6-3-4-10(8-16)11-5-7-15(2)14-11/h5,7,9-10H,3-4,6,8,13H2,1-2H3. The predicted octanol–water partition coefficient (Wildman–Crippen LogP) is 0.473. The molecule has 2 heterocycles. The Hall–Kier alpha value is -1.36. The van der Waals surface area contributed by atoms with E-state index in [4.69, 9.17) is 5.73 Å². The average Bonchev–Trinajstić information content (AvgIpc) is 2.75. The van der Waals surface area contributed by atoms with Gasteiger partial charge in [-0.05, 0) is 25.8 Å². The number of aryl methyl sites for hydroxylation is 1. The zero-order chi connectivity index (χ0) is 12.4. The maximum Gasteiger partial charge on any atom is 0.239 e. The summed E-state index contributed by atoms with van der Waals surface area (Å²) >= 11 is 0. The summed E-state index contributed by atoms with van der Waals surface area (Å²) in [5, 5.41) is 4.42. The van der Waals surface area contributed by atoms with E-state index in [-0.39, 0.29) is 5.91 Å². The Balaban J connectivity index is 2.04. The summed E-state index contributed by atoms with van der Waals surface area (Å²) in [6.45, 7) is 3.31. The molecule has 0 bridgehead atoms. The maximum atomic E-state index is 11.9. The molecule has 1 saturated heterocycles. The molecule has 2 rings (SSSR count). The second-order valence-corrected chi connectivity index (χ2v) is 4.83. The molecule has 1 aliphatic rings. The first-order valence-corrected chi connectivity index (χ1v) is 6.12. The van der Waals surface area contributed by atoms with Crippen molar-refractivity contribution in [2.75, 3.05) is 13.1 Å². The quantitative estimate of drug-likeness (QED) is 0.812. The Morgan fingerprint density at radius 1 is 1.65 bits per heavy atom. The molecule has 0 aromatic carbocycles. The first kappa shape index (κ1) is 12.1. The van der Waals surface area contributed by atoms with Crippen LogP contribution in [0.1, 0.15) is 31.4 Å². The van der Waals surface area contributed by atoms with E-state index in [0.717, 1.165) is 31.6 Å². The van der Waals surface area contributed by atoms with Crippen LogP contribution in [0.5, 0.6) is 0 Å². The second kappa shape index (κ2) is 4.87. The van der Waals surface area contributed by atoms with Crippen LogP contribution < -0.4 is 5.73 Å². The average molecular weight is 236 g/mol. The molecule has 94 valence electrons. The van der Waals surface area contributed by atoms with Gasteiger partial charge in [0.25, 0.3) is 0 Å². The van der Waals surface area contributed by atoms with Crippen molar-refractivity contribution in [3.63, 3.8) is 0 Å². The molecule has 1 aromatic heterocycles. The monoisotopic (exact) mass is 236 g/mol. The summed E-state index contributed by atoms with van der Waals surface area (Å²) in [4.78, 5) is 13.7. The number of nitrogens with two attached hydrogens (primary N) is 1. The summed E-state index contributed by atoms with van der Waals surface area (Å²) < 4.78 is 1.81. The molecule has 1 fully saturated rings. The molecule has 0 radical (unpaired) electrons. The van der Waals surface area contributed by atoms with Gasteiger partial charge < -0.3 is 10.6 Å². The lowest BCUT2D eigenvalue weighted by Crippen LogP contribution is -2.46. The fraction of sp³-hybridized carbons (Fsp3) is 0.667. The van der Waals surface area contributed by atoms with Crippen LogP contribution in [-0.2, 0) is 11.8 Å². The number of carbonyl (C=O) groups excluding carboxylic acids is 1. The van der Waals surface area contributed by atoms with Crippen LogP contribution in [0.25, 0.3) is 0 Å². The van der Waals surface area contributed by atoms with Crippen molar-refractivity contribution in [3.8, 4) is 0 Å². The highest BCUT2D eigenvalue weighted by atomic mass is 16.2. The van der Waals surface area contributed by atoms with E-state index in [2.05, 4.69) is 5.10 Å². The predicted molar refractivity (Wildman–Crippen MR) is 65.4 cm³/mol. The molecule has 2 N–H and O–H groups in total. The van der Waals surface area contributed by atoms with E-state index in [1.165, 1.54) is 0 Å². The Bertz CT molecular complexity index is 399. The highest BCUT2D eigenvalue weighted by molar-refractivity contribution is 5.81. The lowest BCUT2D eigenvalue weighted by Gasteiger charge is -2.33. The molecule has 2 atom stereocenters. The molecule has 0 aliphatic carbocycles. The van der Waals surface area contributed by atoms with Gasteiger partial charge in [-0.1, -0.05) is 0 Å². The third kappa shape index (κ3) is 2.66. The third-order valence-electron chi connectivity index (χ3n) is 3.28. The third-order valence-corrected chi connectivity index (χ3v) is 3.28. The zero-order valence-corrected chi connectivity index (χ0v) is 10.5. The number of piperidine rings is 1. The van der Waals surface area contributed by atoms with E-state index in [1.807, 2.05) is 28.9 Å². The van der Waals surface area contributed by atoms with Crippen molar-refractivity contribution in [1.82, 2.24) is 14.7 Å². The molecule has 5 nitrogen and oxygen atoms in total. The van der Waals surface area contributed by atoms with Gasteiger partial charge in [-0.25, -0.2) is 0 Å². The van der Waals surface area contributed by atoms with Crippen molar-refractivity contribution in [2.45, 2.75) is 31.7 Å². The van der Waals surface area contributed by atoms with Gasteiger partial charge in [0.2, 0.25) is 5.91 Å². The SMILES string of the molecule is CC(N)C(=O)N1CCCC(c2ccn(C)n2)C1. The molecular formula is C12H20N4O. The van der Waals surface area contributed by atoms with Gasteiger partial charge in [0.1, 0.15) is 0 Å². The highest BCUT2D eigenvalue weighted by Gasteiger charge is 2.27. The largest absolute Gasteiger partial charge is 0.341 e. The molecule has 0 spiro atoms. The fourth-order valence-electron chi connectivity index (χ4n) is 2.36. The van der Waals surface area contributed by atoms with E-state index >= 15 is 0 Å². The number of nitrogens with zero attached hydrogens (tertiary/aromatic N) is 3. The highest BCUT2D eigenvalue weighted by Crippen LogP contribution is 2.25. The molecule has 1 amide bonds. The molecule has 17 heavy (non-hydrogen) atoms. The Morgan fingerprint density at radius 2 is 2.41 bits per heavy atom. The van der Waals surface area contributed by atoms with Crippen LogP contribution in [0, 0.1) is 0 Å². The number of likely N-dealkylation sites (tertiary alicyclic amines) is 1. The Kier molecular flexibility index (Phi) is 3.47. The molecule has 1 aromatic rings. The summed E-state index contributed by atoms with van der Waals surface area (Å²) in [7, 11) is 1.91. The summed E-state index contributed by atoms with van der Waals surface area (Å²) in [5.74, 6) is 0.401. The first-order valence-electron chi connectivity index (χ1n) is 6.12. The Morgan fingerprint density at radius 3 is 3.00 bits per heavy atom. The van der Waals surface area contributed by atoms with E-state index in [1.54, 1.807) is 6.92 Å². The minimum absolute atomic E-state index is 0.0469. The zero-order valence-electron chi connectivity index (χ0n) is 10.5. The van der Waals surface area contributed by atoms with Gasteiger partial charge in [-0.2, -0.15) is 5.10 Å². The van der Waals surface area contributed by atoms with Crippen LogP contribution in [0.3, 0.4) is 0 Å². The molecule has 1 aliphatic heterocycles. The van der Waals surface area contributed by atoms with Crippen LogP contribution in [-0.4, -0.2) is 39.7 Å². The van der Waals surface area contributed by atoms with Gasteiger partial charge in [-0.3, -0.25) is 9.48 Å². The van der Waals surface area contributed by atoms with Crippen molar-refractivity contribution in [3.05, 3.63) is 18.0 Å². The maximum absolute atomic E-state index is 11.9. The number of carbonyl (C=O) groups is 1. The Labute approximate surface area is 102 Å². The number of hydrogen-bond acceptors (Lipinski definition) is 3. The van der Waals surface area contributed by atoms with Crippen LogP contribution in [0.2, 0.25) is 0 Å². The second-order valence-electron chi connectivity index (χ2n) is 4.83. The van der Waals surface area contributed by atoms with Gasteiger partial charge in [-0.15, -0.1) is 0 Å². The normalized spacial score (nSPS) is 22.5. The van der Waals surface area contributed by atoms with E-state index in [0.29, 0.717) is 5.92 Å². The van der Waals surface area contributed by atoms with Gasteiger partial charge >= 0.3 is 0 Å². The summed E-state index contributed by atoms with van der Waals surface area (Å²) in [6, 6.07) is 1.63. The van der Waals surface area contributed by atoms with Crippen molar-refractivity contribution >= 4 is 5.91 Å². The number of hydrogen-bond donors (Lipinski definition) is 1. The smallest absolute Gasteiger partial charge is 0.239 e. The van der Waals surface area contributed by atoms with E-state index < -0.39 is 6.04 Å². The van der Waals surface area contributed by atoms with Gasteiger partial charge in [0.15, 0.2) is 0 Å². The van der Waals surface area contributed by atoms with Gasteiger partial charge in [0, 0.05) is 32.3 Å². The van der Waals surface area contributed by atoms with Gasteiger partial charge in [0.05, 0.1) is 11.7 Å². The van der Waals surface area contributed by atoms with Crippen LogP contribution >= 0.6 is 0 Å². The van der Waals surface area contributed by atoms with Crippen molar-refractivity contribution in [2.24, 2.45) is 12.8 Å². The lowest BCUT2D eigenvalue weighted by molar-refractivity contribution is -0.133. The summed E-state index contributed by atoms with van der Waals surface area (Å²) in [5.41, 5.74) is 6.72. The van der Waals surface area contributed by atoms with E-state index in [9.17, 15) is 4.79 Å². The first-order chi connectivity index (χ1) is 8.08. The van der Waals surface area contributed by atoms with Crippen molar-refractivity contribution in [1.29, 1.82) is 0 Å². The lowest BCUT2D eigenvalue weighted by atomic mass is 9.94. The molecule has 5 heteroatoms. The molecule has 0 saturated carbocycles. The van der Waals surface area contributed by atoms with Crippen LogP contribution in [0.4, 0.5) is 0 Å². The van der Waals surface area contributed by atoms with Crippen LogP contribution in [0.15, 0.2) is 12.3 Å². The fourth-order valence-corrected chi connectivity index (χ4v) is 2.36. The summed E-state index contributed by atoms with van der Waals surface area (Å²) in [6.07, 6.45) is 4.07. The molecular weight excluding hydrogens is 216 g/mol. The molecule has 2 unspecified atom stereocenters. The van der Waals surface area contributed by atoms with Crippen molar-refractivity contribution < 1.29 is 4.79 Å². The number of rotatable bonds is 2.